The zero-order valence-corrected chi connectivity index (χ0v) is 11.7. The Bertz CT molecular complexity index is 400. The van der Waals surface area contributed by atoms with E-state index in [4.69, 9.17) is 11.6 Å². The number of rotatable bonds is 5. The van der Waals surface area contributed by atoms with Gasteiger partial charge in [-0.2, -0.15) is 0 Å². The SMILES string of the molecule is CCSc1ncc(Cl)c(C(=O)N[C@H](C)CC)n1. The standard InChI is InChI=1S/C11H16ClN3OS/c1-4-7(3)14-10(16)9-8(12)6-13-11(15-9)17-5-2/h6-7H,4-5H2,1-3H3,(H,14,16)/t7-/m1/s1. The third kappa shape index (κ3) is 4.16. The van der Waals surface area contributed by atoms with Gasteiger partial charge >= 0.3 is 0 Å². The summed E-state index contributed by atoms with van der Waals surface area (Å²) in [5.41, 5.74) is 0.248. The van der Waals surface area contributed by atoms with E-state index in [2.05, 4.69) is 15.3 Å². The summed E-state index contributed by atoms with van der Waals surface area (Å²) in [7, 11) is 0. The highest BCUT2D eigenvalue weighted by Crippen LogP contribution is 2.18. The summed E-state index contributed by atoms with van der Waals surface area (Å²) in [4.78, 5) is 20.1. The molecule has 1 aromatic rings. The Labute approximate surface area is 111 Å². The summed E-state index contributed by atoms with van der Waals surface area (Å²) < 4.78 is 0. The Morgan fingerprint density at radius 1 is 1.59 bits per heavy atom. The van der Waals surface area contributed by atoms with E-state index >= 15 is 0 Å². The van der Waals surface area contributed by atoms with Crippen molar-refractivity contribution in [3.05, 3.63) is 16.9 Å². The Morgan fingerprint density at radius 2 is 2.29 bits per heavy atom. The Kier molecular flexibility index (Phi) is 5.71. The Hall–Kier alpha value is -0.810. The van der Waals surface area contributed by atoms with Crippen LogP contribution in [-0.2, 0) is 0 Å². The van der Waals surface area contributed by atoms with Crippen LogP contribution in [0.5, 0.6) is 0 Å². The van der Waals surface area contributed by atoms with Gasteiger partial charge in [-0.05, 0) is 19.1 Å². The largest absolute Gasteiger partial charge is 0.348 e. The van der Waals surface area contributed by atoms with E-state index in [0.717, 1.165) is 12.2 Å². The minimum Gasteiger partial charge on any atom is -0.348 e. The fourth-order valence-electron chi connectivity index (χ4n) is 1.10. The van der Waals surface area contributed by atoms with Crippen molar-refractivity contribution in [2.24, 2.45) is 0 Å². The summed E-state index contributed by atoms with van der Waals surface area (Å²) in [6.07, 6.45) is 2.34. The predicted molar refractivity (Wildman–Crippen MR) is 70.7 cm³/mol. The number of halogens is 1. The van der Waals surface area contributed by atoms with Gasteiger partial charge in [-0.15, -0.1) is 0 Å². The molecule has 0 radical (unpaired) electrons. The molecule has 4 nitrogen and oxygen atoms in total. The van der Waals surface area contributed by atoms with Crippen molar-refractivity contribution in [1.82, 2.24) is 15.3 Å². The molecular weight excluding hydrogens is 258 g/mol. The second-order valence-electron chi connectivity index (χ2n) is 3.56. The maximum Gasteiger partial charge on any atom is 0.271 e. The van der Waals surface area contributed by atoms with Crippen LogP contribution in [0.2, 0.25) is 5.02 Å². The maximum absolute atomic E-state index is 11.9. The molecule has 0 aliphatic rings. The lowest BCUT2D eigenvalue weighted by Gasteiger charge is -2.11. The van der Waals surface area contributed by atoms with Crippen LogP contribution in [0.15, 0.2) is 11.4 Å². The molecule has 1 heterocycles. The smallest absolute Gasteiger partial charge is 0.271 e. The van der Waals surface area contributed by atoms with E-state index in [1.54, 1.807) is 0 Å². The Morgan fingerprint density at radius 3 is 2.88 bits per heavy atom. The van der Waals surface area contributed by atoms with Crippen LogP contribution >= 0.6 is 23.4 Å². The molecule has 0 saturated heterocycles. The van der Waals surface area contributed by atoms with Crippen LogP contribution in [-0.4, -0.2) is 27.7 Å². The quantitative estimate of drug-likeness (QED) is 0.662. The number of aromatic nitrogens is 2. The number of nitrogens with one attached hydrogen (secondary N) is 1. The van der Waals surface area contributed by atoms with Crippen molar-refractivity contribution in [3.63, 3.8) is 0 Å². The number of amides is 1. The summed E-state index contributed by atoms with van der Waals surface area (Å²) in [6, 6.07) is 0.107. The van der Waals surface area contributed by atoms with Crippen LogP contribution in [0, 0.1) is 0 Å². The van der Waals surface area contributed by atoms with Gasteiger partial charge in [0, 0.05) is 6.04 Å². The van der Waals surface area contributed by atoms with Crippen molar-refractivity contribution in [1.29, 1.82) is 0 Å². The summed E-state index contributed by atoms with van der Waals surface area (Å²) in [5, 5.41) is 3.69. The fourth-order valence-corrected chi connectivity index (χ4v) is 1.82. The Balaban J connectivity index is 2.87. The highest BCUT2D eigenvalue weighted by Gasteiger charge is 2.15. The second kappa shape index (κ2) is 6.81. The first-order valence-corrected chi connectivity index (χ1v) is 6.91. The van der Waals surface area contributed by atoms with Crippen molar-refractivity contribution in [3.8, 4) is 0 Å². The third-order valence-corrected chi connectivity index (χ3v) is 3.22. The van der Waals surface area contributed by atoms with Gasteiger partial charge in [-0.1, -0.05) is 37.2 Å². The van der Waals surface area contributed by atoms with Crippen molar-refractivity contribution >= 4 is 29.3 Å². The second-order valence-corrected chi connectivity index (χ2v) is 5.20. The zero-order valence-electron chi connectivity index (χ0n) is 10.2. The average molecular weight is 274 g/mol. The summed E-state index contributed by atoms with van der Waals surface area (Å²) in [6.45, 7) is 5.95. The minimum absolute atomic E-state index is 0.107. The molecule has 1 atom stereocenters. The lowest BCUT2D eigenvalue weighted by atomic mass is 10.2. The monoisotopic (exact) mass is 273 g/mol. The van der Waals surface area contributed by atoms with Gasteiger partial charge < -0.3 is 5.32 Å². The molecule has 0 unspecified atom stereocenters. The van der Waals surface area contributed by atoms with Crippen molar-refractivity contribution < 1.29 is 4.79 Å². The molecule has 0 aliphatic heterocycles. The molecule has 0 aliphatic carbocycles. The van der Waals surface area contributed by atoms with E-state index < -0.39 is 0 Å². The van der Waals surface area contributed by atoms with Gasteiger partial charge in [0.15, 0.2) is 10.9 Å². The molecule has 94 valence electrons. The van der Waals surface area contributed by atoms with Crippen LogP contribution < -0.4 is 5.32 Å². The molecular formula is C11H16ClN3OS. The van der Waals surface area contributed by atoms with E-state index in [1.807, 2.05) is 20.8 Å². The van der Waals surface area contributed by atoms with Gasteiger partial charge in [0.2, 0.25) is 0 Å². The first kappa shape index (κ1) is 14.3. The lowest BCUT2D eigenvalue weighted by Crippen LogP contribution is -2.32. The van der Waals surface area contributed by atoms with Gasteiger partial charge in [0.1, 0.15) is 0 Å². The van der Waals surface area contributed by atoms with Crippen LogP contribution in [0.1, 0.15) is 37.7 Å². The molecule has 0 spiro atoms. The van der Waals surface area contributed by atoms with Gasteiger partial charge in [0.25, 0.3) is 5.91 Å². The van der Waals surface area contributed by atoms with Crippen molar-refractivity contribution in [2.75, 3.05) is 5.75 Å². The molecule has 0 aromatic carbocycles. The molecule has 0 saturated carbocycles. The topological polar surface area (TPSA) is 54.9 Å². The molecule has 1 rings (SSSR count). The number of carbonyl (C=O) groups is 1. The van der Waals surface area contributed by atoms with E-state index in [1.165, 1.54) is 18.0 Å². The fraction of sp³-hybridized carbons (Fsp3) is 0.545. The third-order valence-electron chi connectivity index (χ3n) is 2.20. The lowest BCUT2D eigenvalue weighted by molar-refractivity contribution is 0.0933. The number of hydrogen-bond donors (Lipinski definition) is 1. The maximum atomic E-state index is 11.9. The van der Waals surface area contributed by atoms with Gasteiger partial charge in [-0.25, -0.2) is 9.97 Å². The van der Waals surface area contributed by atoms with Crippen molar-refractivity contribution in [2.45, 2.75) is 38.4 Å². The zero-order chi connectivity index (χ0) is 12.8. The van der Waals surface area contributed by atoms with Crippen LogP contribution in [0.4, 0.5) is 0 Å². The number of nitrogens with zero attached hydrogens (tertiary/aromatic N) is 2. The van der Waals surface area contributed by atoms with Gasteiger partial charge in [-0.3, -0.25) is 4.79 Å². The number of hydrogen-bond acceptors (Lipinski definition) is 4. The van der Waals surface area contributed by atoms with E-state index in [9.17, 15) is 4.79 Å². The molecule has 1 N–H and O–H groups in total. The molecule has 6 heteroatoms. The molecule has 1 aromatic heterocycles. The molecule has 0 bridgehead atoms. The molecule has 0 fully saturated rings. The average Bonchev–Trinajstić information content (AvgIpc) is 2.31. The number of thioether (sulfide) groups is 1. The van der Waals surface area contributed by atoms with E-state index in [-0.39, 0.29) is 22.7 Å². The minimum atomic E-state index is -0.246. The predicted octanol–water partition coefficient (Wildman–Crippen LogP) is 2.77. The number of carbonyl (C=O) groups excluding carboxylic acids is 1. The molecule has 1 amide bonds. The molecule has 17 heavy (non-hydrogen) atoms. The first-order valence-electron chi connectivity index (χ1n) is 5.54. The summed E-state index contributed by atoms with van der Waals surface area (Å²) in [5.74, 6) is 0.610. The summed E-state index contributed by atoms with van der Waals surface area (Å²) >= 11 is 7.40. The first-order chi connectivity index (χ1) is 8.08. The highest BCUT2D eigenvalue weighted by atomic mass is 35.5. The van der Waals surface area contributed by atoms with E-state index in [0.29, 0.717) is 5.16 Å². The normalized spacial score (nSPS) is 12.2. The van der Waals surface area contributed by atoms with Crippen LogP contribution in [0.25, 0.3) is 0 Å². The van der Waals surface area contributed by atoms with Gasteiger partial charge in [0.05, 0.1) is 11.2 Å². The highest BCUT2D eigenvalue weighted by molar-refractivity contribution is 7.99. The van der Waals surface area contributed by atoms with Crippen LogP contribution in [0.3, 0.4) is 0 Å².